The Kier molecular flexibility index (Phi) is 3.51. The van der Waals surface area contributed by atoms with Gasteiger partial charge in [-0.1, -0.05) is 12.5 Å². The van der Waals surface area contributed by atoms with Gasteiger partial charge in [-0.05, 0) is 37.3 Å². The molecule has 0 spiro atoms. The van der Waals surface area contributed by atoms with E-state index in [0.717, 1.165) is 44.2 Å². The first-order valence-corrected chi connectivity index (χ1v) is 7.23. The normalized spacial score (nSPS) is 30.8. The number of amides is 1. The van der Waals surface area contributed by atoms with Crippen molar-refractivity contribution in [2.45, 2.75) is 44.2 Å². The van der Waals surface area contributed by atoms with Crippen molar-refractivity contribution >= 4 is 5.91 Å². The van der Waals surface area contributed by atoms with E-state index in [4.69, 9.17) is 5.73 Å². The second-order valence-corrected chi connectivity index (χ2v) is 5.68. The molecule has 1 aromatic rings. The van der Waals surface area contributed by atoms with Crippen LogP contribution in [-0.4, -0.2) is 28.4 Å². The fourth-order valence-corrected chi connectivity index (χ4v) is 3.46. The summed E-state index contributed by atoms with van der Waals surface area (Å²) in [5.74, 6) is 0.300. The standard InChI is InChI=1S/C15H21N3O/c16-13-6-1-5-12(13)15(19)18-9-3-7-14(18)11-4-2-8-17-10-11/h2,4,8,10,12-14H,1,3,5-7,9,16H2. The quantitative estimate of drug-likeness (QED) is 0.882. The number of likely N-dealkylation sites (tertiary alicyclic amines) is 1. The molecule has 1 saturated heterocycles. The van der Waals surface area contributed by atoms with Gasteiger partial charge in [-0.2, -0.15) is 0 Å². The molecule has 2 fully saturated rings. The topological polar surface area (TPSA) is 59.2 Å². The van der Waals surface area contributed by atoms with E-state index in [0.29, 0.717) is 0 Å². The molecule has 0 aromatic carbocycles. The predicted molar refractivity (Wildman–Crippen MR) is 73.2 cm³/mol. The molecule has 4 heteroatoms. The van der Waals surface area contributed by atoms with E-state index in [9.17, 15) is 4.79 Å². The molecular weight excluding hydrogens is 238 g/mol. The molecule has 2 N–H and O–H groups in total. The van der Waals surface area contributed by atoms with Crippen LogP contribution >= 0.6 is 0 Å². The van der Waals surface area contributed by atoms with Gasteiger partial charge in [-0.3, -0.25) is 9.78 Å². The molecule has 3 atom stereocenters. The van der Waals surface area contributed by atoms with Crippen molar-refractivity contribution < 1.29 is 4.79 Å². The number of hydrogen-bond donors (Lipinski definition) is 1. The van der Waals surface area contributed by atoms with Crippen LogP contribution in [0.4, 0.5) is 0 Å². The van der Waals surface area contributed by atoms with Crippen LogP contribution in [0.3, 0.4) is 0 Å². The lowest BCUT2D eigenvalue weighted by atomic mass is 10.0. The first-order valence-electron chi connectivity index (χ1n) is 7.23. The highest BCUT2D eigenvalue weighted by molar-refractivity contribution is 5.80. The zero-order valence-electron chi connectivity index (χ0n) is 11.2. The Bertz CT molecular complexity index is 448. The third-order valence-electron chi connectivity index (χ3n) is 4.49. The van der Waals surface area contributed by atoms with Crippen molar-refractivity contribution in [3.8, 4) is 0 Å². The SMILES string of the molecule is NC1CCCC1C(=O)N1CCCC1c1cccnc1. The summed E-state index contributed by atoms with van der Waals surface area (Å²) < 4.78 is 0. The Morgan fingerprint density at radius 1 is 1.32 bits per heavy atom. The van der Waals surface area contributed by atoms with Gasteiger partial charge in [-0.15, -0.1) is 0 Å². The van der Waals surface area contributed by atoms with E-state index in [1.54, 1.807) is 6.20 Å². The summed E-state index contributed by atoms with van der Waals surface area (Å²) in [6.07, 6.45) is 8.80. The van der Waals surface area contributed by atoms with E-state index >= 15 is 0 Å². The zero-order chi connectivity index (χ0) is 13.2. The van der Waals surface area contributed by atoms with Crippen LogP contribution in [0.1, 0.15) is 43.7 Å². The molecular formula is C15H21N3O. The average Bonchev–Trinajstić information content (AvgIpc) is 3.07. The summed E-state index contributed by atoms with van der Waals surface area (Å²) >= 11 is 0. The summed E-state index contributed by atoms with van der Waals surface area (Å²) in [6.45, 7) is 0.863. The molecule has 2 heterocycles. The van der Waals surface area contributed by atoms with Gasteiger partial charge in [0.05, 0.1) is 12.0 Å². The van der Waals surface area contributed by atoms with E-state index in [1.807, 2.05) is 17.2 Å². The molecule has 4 nitrogen and oxygen atoms in total. The second-order valence-electron chi connectivity index (χ2n) is 5.68. The van der Waals surface area contributed by atoms with Gasteiger partial charge < -0.3 is 10.6 Å². The molecule has 19 heavy (non-hydrogen) atoms. The van der Waals surface area contributed by atoms with E-state index in [1.165, 1.54) is 0 Å². The van der Waals surface area contributed by atoms with Crippen LogP contribution in [0.25, 0.3) is 0 Å². The van der Waals surface area contributed by atoms with Gasteiger partial charge in [-0.25, -0.2) is 0 Å². The molecule has 1 amide bonds. The first-order chi connectivity index (χ1) is 9.27. The monoisotopic (exact) mass is 259 g/mol. The maximum atomic E-state index is 12.7. The summed E-state index contributed by atoms with van der Waals surface area (Å²) in [4.78, 5) is 18.9. The number of nitrogens with zero attached hydrogens (tertiary/aromatic N) is 2. The highest BCUT2D eigenvalue weighted by atomic mass is 16.2. The molecule has 1 saturated carbocycles. The largest absolute Gasteiger partial charge is 0.335 e. The predicted octanol–water partition coefficient (Wildman–Crippen LogP) is 1.87. The smallest absolute Gasteiger partial charge is 0.227 e. The van der Waals surface area contributed by atoms with Crippen molar-refractivity contribution in [2.24, 2.45) is 11.7 Å². The highest BCUT2D eigenvalue weighted by Gasteiger charge is 2.38. The molecule has 1 aliphatic heterocycles. The second kappa shape index (κ2) is 5.29. The van der Waals surface area contributed by atoms with Crippen molar-refractivity contribution in [1.82, 2.24) is 9.88 Å². The molecule has 3 rings (SSSR count). The fourth-order valence-electron chi connectivity index (χ4n) is 3.46. The van der Waals surface area contributed by atoms with Crippen LogP contribution in [0.5, 0.6) is 0 Å². The minimum absolute atomic E-state index is 0.0391. The number of pyridine rings is 1. The summed E-state index contributed by atoms with van der Waals surface area (Å²) in [5.41, 5.74) is 7.22. The molecule has 0 radical (unpaired) electrons. The Labute approximate surface area is 114 Å². The summed E-state index contributed by atoms with van der Waals surface area (Å²) in [7, 11) is 0. The van der Waals surface area contributed by atoms with Crippen LogP contribution in [0, 0.1) is 5.92 Å². The van der Waals surface area contributed by atoms with Crippen molar-refractivity contribution in [1.29, 1.82) is 0 Å². The third-order valence-corrected chi connectivity index (χ3v) is 4.49. The van der Waals surface area contributed by atoms with Gasteiger partial charge >= 0.3 is 0 Å². The summed E-state index contributed by atoms with van der Waals surface area (Å²) in [6, 6.07) is 4.27. The van der Waals surface area contributed by atoms with Gasteiger partial charge in [0.25, 0.3) is 0 Å². The fraction of sp³-hybridized carbons (Fsp3) is 0.600. The Hall–Kier alpha value is -1.42. The Morgan fingerprint density at radius 3 is 2.89 bits per heavy atom. The van der Waals surface area contributed by atoms with Crippen LogP contribution in [0.15, 0.2) is 24.5 Å². The Morgan fingerprint density at radius 2 is 2.21 bits per heavy atom. The molecule has 1 aromatic heterocycles. The number of hydrogen-bond acceptors (Lipinski definition) is 3. The van der Waals surface area contributed by atoms with Crippen molar-refractivity contribution in [3.63, 3.8) is 0 Å². The highest BCUT2D eigenvalue weighted by Crippen LogP contribution is 2.35. The minimum atomic E-state index is 0.0391. The van der Waals surface area contributed by atoms with Crippen molar-refractivity contribution in [3.05, 3.63) is 30.1 Å². The van der Waals surface area contributed by atoms with Crippen molar-refractivity contribution in [2.75, 3.05) is 6.54 Å². The van der Waals surface area contributed by atoms with Crippen LogP contribution < -0.4 is 5.73 Å². The number of aromatic nitrogens is 1. The maximum Gasteiger partial charge on any atom is 0.227 e. The van der Waals surface area contributed by atoms with Gasteiger partial charge in [0, 0.05) is 25.0 Å². The number of rotatable bonds is 2. The van der Waals surface area contributed by atoms with E-state index in [2.05, 4.69) is 11.1 Å². The number of nitrogens with two attached hydrogens (primary N) is 1. The molecule has 102 valence electrons. The maximum absolute atomic E-state index is 12.7. The molecule has 0 bridgehead atoms. The molecule has 1 aliphatic carbocycles. The molecule has 2 aliphatic rings. The molecule has 3 unspecified atom stereocenters. The number of carbonyl (C=O) groups excluding carboxylic acids is 1. The average molecular weight is 259 g/mol. The third kappa shape index (κ3) is 2.37. The van der Waals surface area contributed by atoms with Crippen LogP contribution in [0.2, 0.25) is 0 Å². The van der Waals surface area contributed by atoms with E-state index in [-0.39, 0.29) is 23.9 Å². The lowest BCUT2D eigenvalue weighted by Crippen LogP contribution is -2.41. The lowest BCUT2D eigenvalue weighted by molar-refractivity contribution is -0.136. The number of carbonyl (C=O) groups is 1. The first kappa shape index (κ1) is 12.6. The van der Waals surface area contributed by atoms with E-state index < -0.39 is 0 Å². The van der Waals surface area contributed by atoms with Crippen LogP contribution in [-0.2, 0) is 4.79 Å². The van der Waals surface area contributed by atoms with Gasteiger partial charge in [0.2, 0.25) is 5.91 Å². The summed E-state index contributed by atoms with van der Waals surface area (Å²) in [5, 5.41) is 0. The lowest BCUT2D eigenvalue weighted by Gasteiger charge is -2.29. The Balaban J connectivity index is 1.78. The van der Waals surface area contributed by atoms with Gasteiger partial charge in [0.1, 0.15) is 0 Å². The van der Waals surface area contributed by atoms with Gasteiger partial charge in [0.15, 0.2) is 0 Å². The zero-order valence-corrected chi connectivity index (χ0v) is 11.2. The minimum Gasteiger partial charge on any atom is -0.335 e.